The molecule has 4 aromatic carbocycles. The predicted octanol–water partition coefficient (Wildman–Crippen LogP) is 5.84. The van der Waals surface area contributed by atoms with Crippen molar-refractivity contribution >= 4 is 27.5 Å². The van der Waals surface area contributed by atoms with Gasteiger partial charge in [-0.25, -0.2) is 8.42 Å². The molecule has 0 radical (unpaired) electrons. The van der Waals surface area contributed by atoms with E-state index in [1.54, 1.807) is 36.4 Å². The molecule has 2 amide bonds. The molecule has 0 bridgehead atoms. The molecule has 43 heavy (non-hydrogen) atoms. The largest absolute Gasteiger partial charge is 0.457 e. The number of rotatable bonds is 12. The molecule has 1 N–H and O–H groups in total. The van der Waals surface area contributed by atoms with Gasteiger partial charge in [0.25, 0.3) is 10.0 Å². The first-order valence-electron chi connectivity index (χ1n) is 14.1. The van der Waals surface area contributed by atoms with E-state index >= 15 is 0 Å². The smallest absolute Gasteiger partial charge is 0.264 e. The van der Waals surface area contributed by atoms with Crippen molar-refractivity contribution in [2.75, 3.05) is 17.9 Å². The highest BCUT2D eigenvalue weighted by atomic mass is 32.2. The first-order valence-corrected chi connectivity index (χ1v) is 15.6. The molecule has 0 heterocycles. The lowest BCUT2D eigenvalue weighted by Crippen LogP contribution is -2.51. The van der Waals surface area contributed by atoms with Gasteiger partial charge in [0.05, 0.1) is 10.6 Å². The molecule has 0 aliphatic carbocycles. The Kier molecular flexibility index (Phi) is 10.2. The van der Waals surface area contributed by atoms with E-state index in [-0.39, 0.29) is 23.0 Å². The third-order valence-corrected chi connectivity index (χ3v) is 8.85. The van der Waals surface area contributed by atoms with Gasteiger partial charge in [-0.3, -0.25) is 13.9 Å². The first kappa shape index (κ1) is 31.3. The minimum absolute atomic E-state index is 0.0547. The van der Waals surface area contributed by atoms with Crippen LogP contribution in [0.3, 0.4) is 0 Å². The Morgan fingerprint density at radius 2 is 1.47 bits per heavy atom. The van der Waals surface area contributed by atoms with Crippen LogP contribution in [0.5, 0.6) is 11.5 Å². The molecular weight excluding hydrogens is 562 g/mol. The van der Waals surface area contributed by atoms with Gasteiger partial charge in [-0.1, -0.05) is 72.6 Å². The van der Waals surface area contributed by atoms with Crippen LogP contribution in [-0.4, -0.2) is 44.8 Å². The maximum Gasteiger partial charge on any atom is 0.264 e. The lowest BCUT2D eigenvalue weighted by Gasteiger charge is -2.33. The van der Waals surface area contributed by atoms with Crippen LogP contribution in [0, 0.1) is 13.8 Å². The predicted molar refractivity (Wildman–Crippen MR) is 169 cm³/mol. The van der Waals surface area contributed by atoms with Crippen LogP contribution in [0.2, 0.25) is 0 Å². The molecule has 9 heteroatoms. The molecular formula is C34H37N3O5S. The Hall–Kier alpha value is -4.63. The summed E-state index contributed by atoms with van der Waals surface area (Å²) in [5.74, 6) is 0.331. The fourth-order valence-corrected chi connectivity index (χ4v) is 6.18. The number of carbonyl (C=O) groups is 2. The maximum atomic E-state index is 14.1. The van der Waals surface area contributed by atoms with Crippen molar-refractivity contribution in [3.63, 3.8) is 0 Å². The van der Waals surface area contributed by atoms with Crippen LogP contribution in [0.4, 0.5) is 5.69 Å². The molecule has 4 aromatic rings. The fraction of sp³-hybridized carbons (Fsp3) is 0.235. The number of sulfonamides is 1. The van der Waals surface area contributed by atoms with Crippen molar-refractivity contribution in [3.05, 3.63) is 120 Å². The van der Waals surface area contributed by atoms with E-state index in [0.29, 0.717) is 17.9 Å². The van der Waals surface area contributed by atoms with Gasteiger partial charge in [0.1, 0.15) is 24.1 Å². The van der Waals surface area contributed by atoms with E-state index < -0.39 is 28.5 Å². The van der Waals surface area contributed by atoms with E-state index in [2.05, 4.69) is 5.32 Å². The Bertz CT molecular complexity index is 1640. The fourth-order valence-electron chi connectivity index (χ4n) is 4.76. The quantitative estimate of drug-likeness (QED) is 0.221. The molecule has 0 saturated carbocycles. The number of hydrogen-bond acceptors (Lipinski definition) is 5. The topological polar surface area (TPSA) is 96.0 Å². The summed E-state index contributed by atoms with van der Waals surface area (Å²) >= 11 is 0. The molecule has 1 unspecified atom stereocenters. The van der Waals surface area contributed by atoms with Crippen LogP contribution in [-0.2, 0) is 26.2 Å². The summed E-state index contributed by atoms with van der Waals surface area (Å²) < 4.78 is 35.1. The third kappa shape index (κ3) is 7.81. The standard InChI is InChI=1S/C34H37N3O5S/c1-5-32(34(39)35-4)36(23-27-11-9-10-26(3)22-27)33(38)24-37(43(40,41)31-20-14-25(2)15-21-31)28-16-18-30(19-17-28)42-29-12-7-6-8-13-29/h6-22,32H,5,23-24H2,1-4H3,(H,35,39). The summed E-state index contributed by atoms with van der Waals surface area (Å²) in [6.45, 7) is 5.29. The Labute approximate surface area is 254 Å². The highest BCUT2D eigenvalue weighted by Gasteiger charge is 2.33. The summed E-state index contributed by atoms with van der Waals surface area (Å²) in [5.41, 5.74) is 3.05. The Balaban J connectivity index is 1.72. The lowest BCUT2D eigenvalue weighted by molar-refractivity contribution is -0.140. The highest BCUT2D eigenvalue weighted by Crippen LogP contribution is 2.29. The summed E-state index contributed by atoms with van der Waals surface area (Å²) in [5, 5.41) is 2.64. The third-order valence-electron chi connectivity index (χ3n) is 7.06. The van der Waals surface area contributed by atoms with Crippen molar-refractivity contribution in [2.45, 2.75) is 44.7 Å². The molecule has 0 aliphatic rings. The van der Waals surface area contributed by atoms with Crippen molar-refractivity contribution in [3.8, 4) is 11.5 Å². The minimum atomic E-state index is -4.16. The summed E-state index contributed by atoms with van der Waals surface area (Å²) in [6.07, 6.45) is 0.355. The first-order chi connectivity index (χ1) is 20.6. The van der Waals surface area contributed by atoms with Gasteiger partial charge < -0.3 is 15.0 Å². The molecule has 0 aromatic heterocycles. The van der Waals surface area contributed by atoms with E-state index in [1.165, 1.54) is 24.1 Å². The van der Waals surface area contributed by atoms with Crippen molar-refractivity contribution in [1.82, 2.24) is 10.2 Å². The van der Waals surface area contributed by atoms with Crippen LogP contribution in [0.1, 0.15) is 30.0 Å². The zero-order chi connectivity index (χ0) is 31.0. The van der Waals surface area contributed by atoms with Crippen LogP contribution >= 0.6 is 0 Å². The van der Waals surface area contributed by atoms with E-state index in [0.717, 1.165) is 21.0 Å². The zero-order valence-electron chi connectivity index (χ0n) is 24.9. The zero-order valence-corrected chi connectivity index (χ0v) is 25.7. The van der Waals surface area contributed by atoms with Crippen LogP contribution in [0.15, 0.2) is 108 Å². The van der Waals surface area contributed by atoms with Crippen molar-refractivity contribution in [1.29, 1.82) is 0 Å². The van der Waals surface area contributed by atoms with E-state index in [4.69, 9.17) is 4.74 Å². The molecule has 8 nitrogen and oxygen atoms in total. The number of amides is 2. The molecule has 0 spiro atoms. The number of para-hydroxylation sites is 1. The van der Waals surface area contributed by atoms with Gasteiger partial charge in [0.2, 0.25) is 11.8 Å². The van der Waals surface area contributed by atoms with Gasteiger partial charge in [0, 0.05) is 13.6 Å². The lowest BCUT2D eigenvalue weighted by atomic mass is 10.1. The number of ether oxygens (including phenoxy) is 1. The second-order valence-corrected chi connectivity index (χ2v) is 12.1. The molecule has 0 fully saturated rings. The maximum absolute atomic E-state index is 14.1. The van der Waals surface area contributed by atoms with Crippen molar-refractivity contribution < 1.29 is 22.7 Å². The second-order valence-electron chi connectivity index (χ2n) is 10.3. The molecule has 0 saturated heterocycles. The number of nitrogens with zero attached hydrogens (tertiary/aromatic N) is 2. The highest BCUT2D eigenvalue weighted by molar-refractivity contribution is 7.92. The average Bonchev–Trinajstić information content (AvgIpc) is 3.00. The SMILES string of the molecule is CCC(C(=O)NC)N(Cc1cccc(C)c1)C(=O)CN(c1ccc(Oc2ccccc2)cc1)S(=O)(=O)c1ccc(C)cc1. The Morgan fingerprint density at radius 1 is 0.814 bits per heavy atom. The van der Waals surface area contributed by atoms with E-state index in [1.807, 2.05) is 75.4 Å². The monoisotopic (exact) mass is 599 g/mol. The minimum Gasteiger partial charge on any atom is -0.457 e. The Morgan fingerprint density at radius 3 is 2.07 bits per heavy atom. The van der Waals surface area contributed by atoms with Gasteiger partial charge in [-0.05, 0) is 74.4 Å². The molecule has 0 aliphatic heterocycles. The summed E-state index contributed by atoms with van der Waals surface area (Å²) in [6, 6.07) is 29.1. The second kappa shape index (κ2) is 14.0. The number of anilines is 1. The van der Waals surface area contributed by atoms with Gasteiger partial charge in [-0.2, -0.15) is 0 Å². The molecule has 1 atom stereocenters. The number of benzene rings is 4. The number of hydrogen-bond donors (Lipinski definition) is 1. The summed E-state index contributed by atoms with van der Waals surface area (Å²) in [7, 11) is -2.64. The van der Waals surface area contributed by atoms with Crippen LogP contribution < -0.4 is 14.4 Å². The number of aryl methyl sites for hydroxylation is 2. The molecule has 4 rings (SSSR count). The number of nitrogens with one attached hydrogen (secondary N) is 1. The average molecular weight is 600 g/mol. The summed E-state index contributed by atoms with van der Waals surface area (Å²) in [4.78, 5) is 28.5. The normalized spacial score (nSPS) is 11.8. The molecule has 224 valence electrons. The van der Waals surface area contributed by atoms with Crippen LogP contribution in [0.25, 0.3) is 0 Å². The number of likely N-dealkylation sites (N-methyl/N-ethyl adjacent to an activating group) is 1. The van der Waals surface area contributed by atoms with Crippen molar-refractivity contribution in [2.24, 2.45) is 0 Å². The van der Waals surface area contributed by atoms with Gasteiger partial charge >= 0.3 is 0 Å². The van der Waals surface area contributed by atoms with E-state index in [9.17, 15) is 18.0 Å². The number of carbonyl (C=O) groups excluding carboxylic acids is 2. The van der Waals surface area contributed by atoms with Gasteiger partial charge in [-0.15, -0.1) is 0 Å². The van der Waals surface area contributed by atoms with Gasteiger partial charge in [0.15, 0.2) is 0 Å².